The molecule has 0 saturated carbocycles. The van der Waals surface area contributed by atoms with Gasteiger partial charge < -0.3 is 14.7 Å². The third-order valence-corrected chi connectivity index (χ3v) is 3.11. The maximum absolute atomic E-state index is 11.9. The smallest absolute Gasteiger partial charge is 0.236 e. The Labute approximate surface area is 103 Å². The van der Waals surface area contributed by atoms with Crippen LogP contribution in [0.3, 0.4) is 0 Å². The molecule has 0 atom stereocenters. The van der Waals surface area contributed by atoms with Gasteiger partial charge in [0.2, 0.25) is 5.91 Å². The second kappa shape index (κ2) is 7.63. The quantitative estimate of drug-likeness (QED) is 0.665. The monoisotopic (exact) mass is 244 g/mol. The Bertz CT molecular complexity index is 228. The fourth-order valence-electron chi connectivity index (χ4n) is 2.00. The number of carbonyl (C=O) groups is 1. The van der Waals surface area contributed by atoms with E-state index in [2.05, 4.69) is 0 Å². The molecule has 17 heavy (non-hydrogen) atoms. The summed E-state index contributed by atoms with van der Waals surface area (Å²) in [7, 11) is 3.64. The van der Waals surface area contributed by atoms with Gasteiger partial charge >= 0.3 is 0 Å². The molecule has 1 aliphatic heterocycles. The van der Waals surface area contributed by atoms with Crippen LogP contribution in [0.15, 0.2) is 0 Å². The van der Waals surface area contributed by atoms with E-state index in [9.17, 15) is 9.90 Å². The molecule has 1 rings (SSSR count). The van der Waals surface area contributed by atoms with E-state index in [1.54, 1.807) is 7.11 Å². The molecule has 0 unspecified atom stereocenters. The third kappa shape index (κ3) is 5.48. The third-order valence-electron chi connectivity index (χ3n) is 3.11. The molecule has 1 N–H and O–H groups in total. The molecule has 1 saturated heterocycles. The summed E-state index contributed by atoms with van der Waals surface area (Å²) in [4.78, 5) is 15.8. The Balaban J connectivity index is 2.19. The minimum absolute atomic E-state index is 0.164. The summed E-state index contributed by atoms with van der Waals surface area (Å²) in [5, 5.41) is 9.37. The Morgan fingerprint density at radius 1 is 1.47 bits per heavy atom. The van der Waals surface area contributed by atoms with Gasteiger partial charge in [0.25, 0.3) is 0 Å². The largest absolute Gasteiger partial charge is 0.393 e. The first-order chi connectivity index (χ1) is 8.13. The van der Waals surface area contributed by atoms with E-state index in [1.165, 1.54) is 0 Å². The van der Waals surface area contributed by atoms with Gasteiger partial charge in [0, 0.05) is 33.4 Å². The summed E-state index contributed by atoms with van der Waals surface area (Å²) in [6, 6.07) is 0. The minimum atomic E-state index is -0.224. The number of aliphatic hydroxyl groups is 1. The van der Waals surface area contributed by atoms with Crippen LogP contribution in [0.25, 0.3) is 0 Å². The van der Waals surface area contributed by atoms with Gasteiger partial charge in [-0.15, -0.1) is 0 Å². The lowest BCUT2D eigenvalue weighted by Gasteiger charge is -2.31. The SMILES string of the molecule is COCCCN(C)CC(=O)N1CCC(O)CC1. The van der Waals surface area contributed by atoms with Crippen LogP contribution in [0, 0.1) is 0 Å². The number of carbonyl (C=O) groups excluding carboxylic acids is 1. The summed E-state index contributed by atoms with van der Waals surface area (Å²) in [5.74, 6) is 0.164. The van der Waals surface area contributed by atoms with Gasteiger partial charge in [-0.05, 0) is 26.3 Å². The predicted octanol–water partition coefficient (Wildman–Crippen LogP) is -0.0620. The molecule has 5 nitrogen and oxygen atoms in total. The lowest BCUT2D eigenvalue weighted by molar-refractivity contribution is -0.134. The number of methoxy groups -OCH3 is 1. The Morgan fingerprint density at radius 2 is 2.12 bits per heavy atom. The molecule has 100 valence electrons. The highest BCUT2D eigenvalue weighted by molar-refractivity contribution is 5.78. The summed E-state index contributed by atoms with van der Waals surface area (Å²) in [6.45, 7) is 3.43. The van der Waals surface area contributed by atoms with E-state index in [1.807, 2.05) is 16.8 Å². The number of hydrogen-bond acceptors (Lipinski definition) is 4. The fraction of sp³-hybridized carbons (Fsp3) is 0.917. The van der Waals surface area contributed by atoms with Crippen LogP contribution < -0.4 is 0 Å². The molecule has 1 fully saturated rings. The maximum atomic E-state index is 11.9. The van der Waals surface area contributed by atoms with Crippen molar-refractivity contribution in [3.63, 3.8) is 0 Å². The van der Waals surface area contributed by atoms with Crippen LogP contribution in [0.4, 0.5) is 0 Å². The normalized spacial score (nSPS) is 17.8. The molecule has 0 aromatic carbocycles. The van der Waals surface area contributed by atoms with Gasteiger partial charge in [0.15, 0.2) is 0 Å². The van der Waals surface area contributed by atoms with Crippen molar-refractivity contribution in [3.05, 3.63) is 0 Å². The van der Waals surface area contributed by atoms with E-state index in [-0.39, 0.29) is 12.0 Å². The number of likely N-dealkylation sites (tertiary alicyclic amines) is 1. The number of aliphatic hydroxyl groups excluding tert-OH is 1. The van der Waals surface area contributed by atoms with Crippen molar-refractivity contribution >= 4 is 5.91 Å². The van der Waals surface area contributed by atoms with Crippen LogP contribution in [0.1, 0.15) is 19.3 Å². The molecule has 0 bridgehead atoms. The molecule has 0 radical (unpaired) electrons. The molecule has 1 heterocycles. The Morgan fingerprint density at radius 3 is 2.71 bits per heavy atom. The molecular formula is C12H24N2O3. The van der Waals surface area contributed by atoms with Gasteiger partial charge in [-0.25, -0.2) is 0 Å². The summed E-state index contributed by atoms with van der Waals surface area (Å²) < 4.78 is 4.98. The Kier molecular flexibility index (Phi) is 6.47. The zero-order valence-corrected chi connectivity index (χ0v) is 10.9. The van der Waals surface area contributed by atoms with E-state index in [4.69, 9.17) is 4.74 Å². The number of amides is 1. The fourth-order valence-corrected chi connectivity index (χ4v) is 2.00. The van der Waals surface area contributed by atoms with Gasteiger partial charge in [0.1, 0.15) is 0 Å². The average Bonchev–Trinajstić information content (AvgIpc) is 2.30. The zero-order valence-electron chi connectivity index (χ0n) is 10.9. The second-order valence-electron chi connectivity index (χ2n) is 4.70. The van der Waals surface area contributed by atoms with Crippen molar-refractivity contribution in [2.75, 3.05) is 46.9 Å². The molecule has 5 heteroatoms. The first-order valence-electron chi connectivity index (χ1n) is 6.27. The van der Waals surface area contributed by atoms with Crippen molar-refractivity contribution in [2.45, 2.75) is 25.4 Å². The summed E-state index contributed by atoms with van der Waals surface area (Å²) in [5.41, 5.74) is 0. The maximum Gasteiger partial charge on any atom is 0.236 e. The number of nitrogens with zero attached hydrogens (tertiary/aromatic N) is 2. The highest BCUT2D eigenvalue weighted by Crippen LogP contribution is 2.10. The van der Waals surface area contributed by atoms with Crippen molar-refractivity contribution in [1.82, 2.24) is 9.80 Å². The number of likely N-dealkylation sites (N-methyl/N-ethyl adjacent to an activating group) is 1. The van der Waals surface area contributed by atoms with E-state index < -0.39 is 0 Å². The average molecular weight is 244 g/mol. The van der Waals surface area contributed by atoms with Crippen LogP contribution >= 0.6 is 0 Å². The second-order valence-corrected chi connectivity index (χ2v) is 4.70. The van der Waals surface area contributed by atoms with E-state index in [0.29, 0.717) is 32.5 Å². The summed E-state index contributed by atoms with van der Waals surface area (Å²) in [6.07, 6.45) is 2.13. The zero-order chi connectivity index (χ0) is 12.7. The Hall–Kier alpha value is -0.650. The topological polar surface area (TPSA) is 53.0 Å². The number of hydrogen-bond donors (Lipinski definition) is 1. The molecule has 0 aromatic heterocycles. The minimum Gasteiger partial charge on any atom is -0.393 e. The van der Waals surface area contributed by atoms with Crippen LogP contribution in [-0.2, 0) is 9.53 Å². The van der Waals surface area contributed by atoms with Crippen molar-refractivity contribution in [3.8, 4) is 0 Å². The highest BCUT2D eigenvalue weighted by atomic mass is 16.5. The molecule has 1 amide bonds. The van der Waals surface area contributed by atoms with Crippen molar-refractivity contribution in [1.29, 1.82) is 0 Å². The molecule has 1 aliphatic rings. The molecule has 0 aliphatic carbocycles. The van der Waals surface area contributed by atoms with Crippen LogP contribution in [0.2, 0.25) is 0 Å². The number of rotatable bonds is 6. The first kappa shape index (κ1) is 14.4. The lowest BCUT2D eigenvalue weighted by Crippen LogP contribution is -2.44. The number of piperidine rings is 1. The molecule has 0 spiro atoms. The van der Waals surface area contributed by atoms with Gasteiger partial charge in [-0.3, -0.25) is 9.69 Å². The van der Waals surface area contributed by atoms with Gasteiger partial charge in [0.05, 0.1) is 12.6 Å². The molecule has 0 aromatic rings. The van der Waals surface area contributed by atoms with Crippen molar-refractivity contribution < 1.29 is 14.6 Å². The van der Waals surface area contributed by atoms with Crippen LogP contribution in [0.5, 0.6) is 0 Å². The first-order valence-corrected chi connectivity index (χ1v) is 6.27. The van der Waals surface area contributed by atoms with Crippen LogP contribution in [-0.4, -0.2) is 73.9 Å². The van der Waals surface area contributed by atoms with Gasteiger partial charge in [-0.2, -0.15) is 0 Å². The van der Waals surface area contributed by atoms with E-state index in [0.717, 1.165) is 19.6 Å². The highest BCUT2D eigenvalue weighted by Gasteiger charge is 2.21. The lowest BCUT2D eigenvalue weighted by atomic mass is 10.1. The van der Waals surface area contributed by atoms with Gasteiger partial charge in [-0.1, -0.05) is 0 Å². The predicted molar refractivity (Wildman–Crippen MR) is 65.8 cm³/mol. The molecular weight excluding hydrogens is 220 g/mol. The summed E-state index contributed by atoms with van der Waals surface area (Å²) >= 11 is 0. The standard InChI is InChI=1S/C12H24N2O3/c1-13(6-3-9-17-2)10-12(16)14-7-4-11(15)5-8-14/h11,15H,3-10H2,1-2H3. The van der Waals surface area contributed by atoms with Crippen molar-refractivity contribution in [2.24, 2.45) is 0 Å². The van der Waals surface area contributed by atoms with E-state index >= 15 is 0 Å². The number of ether oxygens (including phenoxy) is 1.